The number of rotatable bonds is 6. The van der Waals surface area contributed by atoms with Gasteiger partial charge in [0.25, 0.3) is 5.91 Å². The first kappa shape index (κ1) is 22.0. The fraction of sp³-hybridized carbons (Fsp3) is 0.0714. The van der Waals surface area contributed by atoms with Gasteiger partial charge in [-0.15, -0.1) is 0 Å². The average Bonchev–Trinajstić information content (AvgIpc) is 3.44. The van der Waals surface area contributed by atoms with E-state index < -0.39 is 0 Å². The van der Waals surface area contributed by atoms with E-state index in [2.05, 4.69) is 20.6 Å². The zero-order valence-electron chi connectivity index (χ0n) is 19.3. The maximum absolute atomic E-state index is 13.2. The number of fused-ring (bicyclic) bond motifs is 1. The number of carbonyl (C=O) groups excluding carboxylic acids is 2. The number of H-pyrrole nitrogens is 1. The molecule has 0 spiro atoms. The van der Waals surface area contributed by atoms with E-state index in [1.165, 1.54) is 4.68 Å². The highest BCUT2D eigenvalue weighted by Gasteiger charge is 2.15. The van der Waals surface area contributed by atoms with Crippen molar-refractivity contribution in [3.63, 3.8) is 0 Å². The van der Waals surface area contributed by atoms with Gasteiger partial charge in [0, 0.05) is 29.2 Å². The third-order valence-electron chi connectivity index (χ3n) is 5.70. The van der Waals surface area contributed by atoms with Crippen LogP contribution in [0.4, 0.5) is 5.69 Å². The summed E-state index contributed by atoms with van der Waals surface area (Å²) in [5.74, 6) is -0.428. The number of hydrogen-bond donors (Lipinski definition) is 2. The van der Waals surface area contributed by atoms with Crippen molar-refractivity contribution in [2.24, 2.45) is 7.05 Å². The second kappa shape index (κ2) is 9.23. The second-order valence-electron chi connectivity index (χ2n) is 8.27. The molecule has 0 radical (unpaired) electrons. The van der Waals surface area contributed by atoms with Gasteiger partial charge in [0.05, 0.1) is 16.9 Å². The largest absolute Gasteiger partial charge is 0.321 e. The smallest absolute Gasteiger partial charge is 0.273 e. The molecule has 0 atom stereocenters. The second-order valence-corrected chi connectivity index (χ2v) is 8.27. The van der Waals surface area contributed by atoms with Gasteiger partial charge in [0.2, 0.25) is 0 Å². The minimum atomic E-state index is -0.285. The van der Waals surface area contributed by atoms with Crippen molar-refractivity contribution in [3.05, 3.63) is 113 Å². The molecular formula is C28H23N5O2. The predicted octanol–water partition coefficient (Wildman–Crippen LogP) is 5.26. The first-order chi connectivity index (χ1) is 17.0. The lowest BCUT2D eigenvalue weighted by molar-refractivity contribution is 0.101. The lowest BCUT2D eigenvalue weighted by atomic mass is 10.0. The molecule has 7 heteroatoms. The molecule has 0 aliphatic heterocycles. The van der Waals surface area contributed by atoms with Crippen LogP contribution in [0.1, 0.15) is 43.4 Å². The molecule has 0 aliphatic rings. The Kier molecular flexibility index (Phi) is 5.81. The van der Waals surface area contributed by atoms with Gasteiger partial charge in [-0.25, -0.2) is 0 Å². The van der Waals surface area contributed by atoms with Crippen LogP contribution in [0.15, 0.2) is 78.9 Å². The molecule has 1 amide bonds. The number of hydrogen-bond acceptors (Lipinski definition) is 4. The molecule has 2 aromatic heterocycles. The monoisotopic (exact) mass is 461 g/mol. The lowest BCUT2D eigenvalue weighted by Gasteiger charge is -2.08. The Morgan fingerprint density at radius 3 is 2.49 bits per heavy atom. The van der Waals surface area contributed by atoms with Crippen LogP contribution >= 0.6 is 0 Å². The van der Waals surface area contributed by atoms with Crippen LogP contribution in [-0.4, -0.2) is 31.7 Å². The maximum atomic E-state index is 13.2. The van der Waals surface area contributed by atoms with E-state index in [1.54, 1.807) is 49.5 Å². The number of aromatic amines is 1. The fourth-order valence-electron chi connectivity index (χ4n) is 3.97. The predicted molar refractivity (Wildman–Crippen MR) is 137 cm³/mol. The molecule has 2 heterocycles. The summed E-state index contributed by atoms with van der Waals surface area (Å²) in [6.07, 6.45) is 3.95. The Hall–Kier alpha value is -4.78. The highest BCUT2D eigenvalue weighted by Crippen LogP contribution is 2.22. The van der Waals surface area contributed by atoms with Crippen LogP contribution < -0.4 is 5.32 Å². The molecule has 2 N–H and O–H groups in total. The van der Waals surface area contributed by atoms with Crippen LogP contribution in [0.3, 0.4) is 0 Å². The van der Waals surface area contributed by atoms with Gasteiger partial charge >= 0.3 is 0 Å². The molecule has 0 unspecified atom stereocenters. The van der Waals surface area contributed by atoms with Crippen LogP contribution in [-0.2, 0) is 7.05 Å². The number of benzene rings is 3. The molecule has 5 rings (SSSR count). The number of anilines is 1. The third kappa shape index (κ3) is 4.65. The fourth-order valence-corrected chi connectivity index (χ4v) is 3.97. The quantitative estimate of drug-likeness (QED) is 0.338. The van der Waals surface area contributed by atoms with E-state index in [-0.39, 0.29) is 11.7 Å². The summed E-state index contributed by atoms with van der Waals surface area (Å²) in [5, 5.41) is 15.4. The first-order valence-corrected chi connectivity index (χ1v) is 11.2. The summed E-state index contributed by atoms with van der Waals surface area (Å²) in [4.78, 5) is 25.8. The molecule has 35 heavy (non-hydrogen) atoms. The van der Waals surface area contributed by atoms with E-state index in [4.69, 9.17) is 0 Å². The third-order valence-corrected chi connectivity index (χ3v) is 5.70. The lowest BCUT2D eigenvalue weighted by Crippen LogP contribution is -2.16. The van der Waals surface area contributed by atoms with Gasteiger partial charge in [-0.2, -0.15) is 10.2 Å². The highest BCUT2D eigenvalue weighted by atomic mass is 16.2. The molecule has 172 valence electrons. The molecule has 0 fully saturated rings. The van der Waals surface area contributed by atoms with E-state index in [1.807, 2.05) is 55.5 Å². The Bertz CT molecular complexity index is 1580. The van der Waals surface area contributed by atoms with Crippen molar-refractivity contribution < 1.29 is 9.59 Å². The van der Waals surface area contributed by atoms with Crippen LogP contribution in [0.25, 0.3) is 23.1 Å². The van der Waals surface area contributed by atoms with Crippen LogP contribution in [0.2, 0.25) is 0 Å². The molecular weight excluding hydrogens is 438 g/mol. The first-order valence-electron chi connectivity index (χ1n) is 11.2. The highest BCUT2D eigenvalue weighted by molar-refractivity contribution is 6.12. The van der Waals surface area contributed by atoms with Gasteiger partial charge in [-0.05, 0) is 48.9 Å². The molecule has 0 aliphatic carbocycles. The zero-order chi connectivity index (χ0) is 24.4. The molecule has 3 aromatic carbocycles. The summed E-state index contributed by atoms with van der Waals surface area (Å²) >= 11 is 0. The molecule has 0 saturated heterocycles. The van der Waals surface area contributed by atoms with Crippen molar-refractivity contribution in [2.75, 3.05) is 5.32 Å². The van der Waals surface area contributed by atoms with Gasteiger partial charge in [-0.3, -0.25) is 19.4 Å². The van der Waals surface area contributed by atoms with Crippen molar-refractivity contribution in [3.8, 4) is 0 Å². The Morgan fingerprint density at radius 2 is 1.71 bits per heavy atom. The number of aromatic nitrogens is 4. The van der Waals surface area contributed by atoms with Gasteiger partial charge < -0.3 is 5.32 Å². The topological polar surface area (TPSA) is 92.7 Å². The SMILES string of the molecule is Cc1cc(C(=O)Nc2cccc(C(=O)c3ccc4c(/C=C/c5ccccc5)n[nH]c4c3)c2)n(C)n1. The molecule has 5 aromatic rings. The minimum Gasteiger partial charge on any atom is -0.321 e. The van der Waals surface area contributed by atoms with E-state index >= 15 is 0 Å². The molecule has 0 bridgehead atoms. The van der Waals surface area contributed by atoms with E-state index in [0.29, 0.717) is 22.5 Å². The number of ketones is 1. The Morgan fingerprint density at radius 1 is 0.914 bits per heavy atom. The number of amides is 1. The normalized spacial score (nSPS) is 11.3. The van der Waals surface area contributed by atoms with Crippen molar-refractivity contribution in [1.82, 2.24) is 20.0 Å². The Balaban J connectivity index is 1.36. The average molecular weight is 462 g/mol. The summed E-state index contributed by atoms with van der Waals surface area (Å²) in [6.45, 7) is 1.83. The zero-order valence-corrected chi connectivity index (χ0v) is 19.3. The van der Waals surface area contributed by atoms with Crippen molar-refractivity contribution in [1.29, 1.82) is 0 Å². The number of aryl methyl sites for hydroxylation is 2. The van der Waals surface area contributed by atoms with Crippen LogP contribution in [0, 0.1) is 6.92 Å². The molecule has 0 saturated carbocycles. The summed E-state index contributed by atoms with van der Waals surface area (Å²) < 4.78 is 1.53. The standard InChI is InChI=1S/C28H23N5O2/c1-18-15-26(33(2)32-18)28(35)29-22-10-6-9-20(16-22)27(34)21-12-13-23-24(30-31-25(23)17-21)14-11-19-7-4-3-5-8-19/h3-17H,1-2H3,(H,29,35)(H,30,31)/b14-11+. The molecule has 7 nitrogen and oxygen atoms in total. The number of carbonyl (C=O) groups is 2. The summed E-state index contributed by atoms with van der Waals surface area (Å²) in [6, 6.07) is 24.1. The van der Waals surface area contributed by atoms with Gasteiger partial charge in [-0.1, -0.05) is 54.6 Å². The maximum Gasteiger partial charge on any atom is 0.273 e. The minimum absolute atomic E-state index is 0.143. The Labute approximate surface area is 202 Å². The van der Waals surface area contributed by atoms with Crippen LogP contribution in [0.5, 0.6) is 0 Å². The van der Waals surface area contributed by atoms with Crippen molar-refractivity contribution in [2.45, 2.75) is 6.92 Å². The number of nitrogens with one attached hydrogen (secondary N) is 2. The number of nitrogens with zero attached hydrogens (tertiary/aromatic N) is 3. The van der Waals surface area contributed by atoms with Gasteiger partial charge in [0.1, 0.15) is 5.69 Å². The van der Waals surface area contributed by atoms with Crippen molar-refractivity contribution >= 4 is 40.4 Å². The van der Waals surface area contributed by atoms with E-state index in [0.717, 1.165) is 27.9 Å². The summed E-state index contributed by atoms with van der Waals surface area (Å²) in [5.41, 5.74) is 5.42. The van der Waals surface area contributed by atoms with Gasteiger partial charge in [0.15, 0.2) is 5.78 Å². The van der Waals surface area contributed by atoms with E-state index in [9.17, 15) is 9.59 Å². The summed E-state index contributed by atoms with van der Waals surface area (Å²) in [7, 11) is 1.72.